The Kier molecular flexibility index (Phi) is 2.25. The van der Waals surface area contributed by atoms with Gasteiger partial charge in [-0.2, -0.15) is 0 Å². The zero-order valence-electron chi connectivity index (χ0n) is 5.86. The van der Waals surface area contributed by atoms with Gasteiger partial charge in [-0.05, 0) is 0 Å². The molecule has 0 amide bonds. The minimum atomic E-state index is -4.65. The van der Waals surface area contributed by atoms with Crippen LogP contribution in [0.4, 0.5) is 13.2 Å². The first kappa shape index (κ1) is 9.27. The summed E-state index contributed by atoms with van der Waals surface area (Å²) < 4.78 is 35.7. The average Bonchev–Trinajstić information content (AvgIpc) is 1.83. The summed E-state index contributed by atoms with van der Waals surface area (Å²) >= 11 is 0. The molecule has 0 saturated carbocycles. The molecule has 2 atom stereocenters. The van der Waals surface area contributed by atoms with Crippen molar-refractivity contribution in [1.82, 2.24) is 4.90 Å². The van der Waals surface area contributed by atoms with Crippen molar-refractivity contribution in [2.24, 2.45) is 4.99 Å². The van der Waals surface area contributed by atoms with E-state index in [4.69, 9.17) is 10.2 Å². The maximum Gasteiger partial charge on any atom is 0.487 e. The normalized spacial score (nSPS) is 30.9. The highest BCUT2D eigenvalue weighted by Crippen LogP contribution is 2.25. The number of halogens is 3. The van der Waals surface area contributed by atoms with E-state index >= 15 is 0 Å². The van der Waals surface area contributed by atoms with Crippen molar-refractivity contribution in [3.8, 4) is 0 Å². The van der Waals surface area contributed by atoms with Gasteiger partial charge in [0.15, 0.2) is 6.23 Å². The lowest BCUT2D eigenvalue weighted by atomic mass is 10.3. The van der Waals surface area contributed by atoms with Crippen LogP contribution in [0.25, 0.3) is 0 Å². The third-order valence-electron chi connectivity index (χ3n) is 1.40. The van der Waals surface area contributed by atoms with Gasteiger partial charge in [0.1, 0.15) is 6.23 Å². The van der Waals surface area contributed by atoms with E-state index in [1.54, 1.807) is 0 Å². The average molecular weight is 184 g/mol. The number of hydrogen-bond acceptors (Lipinski definition) is 4. The quantitative estimate of drug-likeness (QED) is 0.516. The second-order valence-electron chi connectivity index (χ2n) is 2.34. The molecule has 0 aliphatic carbocycles. The van der Waals surface area contributed by atoms with Gasteiger partial charge >= 0.3 is 6.30 Å². The first-order valence-electron chi connectivity index (χ1n) is 3.16. The van der Waals surface area contributed by atoms with Crippen molar-refractivity contribution in [2.45, 2.75) is 25.2 Å². The maximum absolute atomic E-state index is 11.9. The van der Waals surface area contributed by atoms with Crippen LogP contribution in [0.1, 0.15) is 6.42 Å². The summed E-state index contributed by atoms with van der Waals surface area (Å²) in [7, 11) is 0. The zero-order valence-corrected chi connectivity index (χ0v) is 5.86. The lowest BCUT2D eigenvalue weighted by Crippen LogP contribution is -2.48. The van der Waals surface area contributed by atoms with E-state index in [1.807, 2.05) is 0 Å². The van der Waals surface area contributed by atoms with Gasteiger partial charge in [-0.1, -0.05) is 0 Å². The molecule has 0 aromatic heterocycles. The molecule has 1 heterocycles. The molecule has 1 rings (SSSR count). The molecule has 12 heavy (non-hydrogen) atoms. The number of aliphatic hydroxyl groups is 2. The number of alkyl halides is 3. The number of aliphatic imine (C=N–C) groups is 1. The molecule has 0 fully saturated rings. The van der Waals surface area contributed by atoms with Crippen LogP contribution in [0.15, 0.2) is 4.99 Å². The third kappa shape index (κ3) is 1.86. The Morgan fingerprint density at radius 3 is 2.42 bits per heavy atom. The topological polar surface area (TPSA) is 56.1 Å². The summed E-state index contributed by atoms with van der Waals surface area (Å²) in [4.78, 5) is 2.84. The summed E-state index contributed by atoms with van der Waals surface area (Å²) in [5.41, 5.74) is 0. The SMILES string of the molecule is OC1CC(O)N(C(F)(F)F)C=N1. The first-order chi connectivity index (χ1) is 5.41. The van der Waals surface area contributed by atoms with Crippen LogP contribution in [0.2, 0.25) is 0 Å². The van der Waals surface area contributed by atoms with Crippen LogP contribution in [0.3, 0.4) is 0 Å². The molecule has 70 valence electrons. The van der Waals surface area contributed by atoms with Gasteiger partial charge in [0.05, 0.1) is 6.34 Å². The Bertz CT molecular complexity index is 194. The van der Waals surface area contributed by atoms with Crippen molar-refractivity contribution in [1.29, 1.82) is 0 Å². The molecule has 2 N–H and O–H groups in total. The third-order valence-corrected chi connectivity index (χ3v) is 1.40. The highest BCUT2D eigenvalue weighted by atomic mass is 19.4. The van der Waals surface area contributed by atoms with E-state index in [0.29, 0.717) is 6.34 Å². The number of hydrogen-bond donors (Lipinski definition) is 2. The van der Waals surface area contributed by atoms with Crippen LogP contribution in [0, 0.1) is 0 Å². The second-order valence-corrected chi connectivity index (χ2v) is 2.34. The first-order valence-corrected chi connectivity index (χ1v) is 3.16. The van der Waals surface area contributed by atoms with Gasteiger partial charge < -0.3 is 10.2 Å². The maximum atomic E-state index is 11.9. The lowest BCUT2D eigenvalue weighted by molar-refractivity contribution is -0.257. The molecule has 1 aliphatic rings. The van der Waals surface area contributed by atoms with E-state index in [0.717, 1.165) is 0 Å². The van der Waals surface area contributed by atoms with Gasteiger partial charge in [-0.3, -0.25) is 0 Å². The highest BCUT2D eigenvalue weighted by molar-refractivity contribution is 5.56. The molecule has 0 bridgehead atoms. The van der Waals surface area contributed by atoms with E-state index in [1.165, 1.54) is 0 Å². The van der Waals surface area contributed by atoms with Crippen molar-refractivity contribution in [3.05, 3.63) is 0 Å². The molecule has 2 unspecified atom stereocenters. The Morgan fingerprint density at radius 2 is 2.00 bits per heavy atom. The Morgan fingerprint density at radius 1 is 1.42 bits per heavy atom. The molecule has 0 aromatic rings. The van der Waals surface area contributed by atoms with Crippen LogP contribution < -0.4 is 0 Å². The fourth-order valence-corrected chi connectivity index (χ4v) is 0.823. The van der Waals surface area contributed by atoms with E-state index < -0.39 is 25.2 Å². The smallest absolute Gasteiger partial charge is 0.373 e. The van der Waals surface area contributed by atoms with Gasteiger partial charge in [0.2, 0.25) is 0 Å². The molecule has 0 aromatic carbocycles. The van der Waals surface area contributed by atoms with E-state index in [2.05, 4.69) is 4.99 Å². The van der Waals surface area contributed by atoms with E-state index in [-0.39, 0.29) is 4.90 Å². The minimum Gasteiger partial charge on any atom is -0.373 e. The van der Waals surface area contributed by atoms with E-state index in [9.17, 15) is 13.2 Å². The highest BCUT2D eigenvalue weighted by Gasteiger charge is 2.41. The number of nitrogens with zero attached hydrogens (tertiary/aromatic N) is 2. The predicted octanol–water partition coefficient (Wildman–Crippen LogP) is -0.123. The summed E-state index contributed by atoms with van der Waals surface area (Å²) in [5.74, 6) is 0. The largest absolute Gasteiger partial charge is 0.487 e. The standard InChI is InChI=1S/C5H7F3N2O2/c6-5(7,8)10-2-9-3(11)1-4(10)12/h2-4,11-12H,1H2. The van der Waals surface area contributed by atoms with Gasteiger partial charge in [-0.25, -0.2) is 9.89 Å². The zero-order chi connectivity index (χ0) is 9.35. The van der Waals surface area contributed by atoms with Crippen molar-refractivity contribution < 1.29 is 23.4 Å². The van der Waals surface area contributed by atoms with Gasteiger partial charge in [0.25, 0.3) is 0 Å². The molecular formula is C5H7F3N2O2. The van der Waals surface area contributed by atoms with Crippen LogP contribution >= 0.6 is 0 Å². The molecule has 0 radical (unpaired) electrons. The molecule has 4 nitrogen and oxygen atoms in total. The minimum absolute atomic E-state index is 0.264. The van der Waals surface area contributed by atoms with Crippen molar-refractivity contribution in [3.63, 3.8) is 0 Å². The van der Waals surface area contributed by atoms with Crippen molar-refractivity contribution in [2.75, 3.05) is 0 Å². The van der Waals surface area contributed by atoms with Crippen LogP contribution in [-0.2, 0) is 0 Å². The van der Waals surface area contributed by atoms with Crippen molar-refractivity contribution >= 4 is 6.34 Å². The monoisotopic (exact) mass is 184 g/mol. The van der Waals surface area contributed by atoms with Crippen LogP contribution in [-0.4, -0.2) is 40.2 Å². The molecule has 0 saturated heterocycles. The Hall–Kier alpha value is -0.820. The summed E-state index contributed by atoms with van der Waals surface area (Å²) in [5, 5.41) is 17.5. The lowest BCUT2D eigenvalue weighted by Gasteiger charge is -2.31. The fraction of sp³-hybridized carbons (Fsp3) is 0.800. The molecular weight excluding hydrogens is 177 g/mol. The molecule has 7 heteroatoms. The summed E-state index contributed by atoms with van der Waals surface area (Å²) in [6, 6.07) is 0. The Labute approximate surface area is 65.9 Å². The number of rotatable bonds is 0. The fourth-order valence-electron chi connectivity index (χ4n) is 0.823. The predicted molar refractivity (Wildman–Crippen MR) is 33.0 cm³/mol. The summed E-state index contributed by atoms with van der Waals surface area (Å²) in [6.45, 7) is 0. The van der Waals surface area contributed by atoms with Gasteiger partial charge in [0, 0.05) is 6.42 Å². The number of aliphatic hydroxyl groups excluding tert-OH is 2. The molecule has 0 spiro atoms. The molecule has 1 aliphatic heterocycles. The van der Waals surface area contributed by atoms with Gasteiger partial charge in [-0.15, -0.1) is 13.2 Å². The summed E-state index contributed by atoms with van der Waals surface area (Å²) in [6.07, 6.45) is -7.70. The van der Waals surface area contributed by atoms with Crippen LogP contribution in [0.5, 0.6) is 0 Å². The second kappa shape index (κ2) is 2.91. The Balaban J connectivity index is 2.73.